The third-order valence-corrected chi connectivity index (χ3v) is 3.16. The standard InChI is InChI=1S/C16H20N2O2/c1-12(2)14(18-13-7-4-3-5-8-13)11-17-16(19)15-9-6-10-20-15/h3-10,12,14,18H,11H2,1-2H3,(H,17,19). The highest BCUT2D eigenvalue weighted by molar-refractivity contribution is 5.91. The van der Waals surface area contributed by atoms with Crippen LogP contribution < -0.4 is 10.6 Å². The number of nitrogens with one attached hydrogen (secondary N) is 2. The first-order valence-corrected chi connectivity index (χ1v) is 6.80. The van der Waals surface area contributed by atoms with Gasteiger partial charge in [-0.3, -0.25) is 4.79 Å². The molecule has 1 amide bonds. The maximum absolute atomic E-state index is 11.9. The summed E-state index contributed by atoms with van der Waals surface area (Å²) in [6, 6.07) is 13.5. The molecule has 4 heteroatoms. The molecule has 0 saturated heterocycles. The number of hydrogen-bond acceptors (Lipinski definition) is 3. The Morgan fingerprint density at radius 2 is 1.90 bits per heavy atom. The second kappa shape index (κ2) is 6.80. The van der Waals surface area contributed by atoms with E-state index in [0.717, 1.165) is 5.69 Å². The summed E-state index contributed by atoms with van der Waals surface area (Å²) < 4.78 is 5.07. The second-order valence-electron chi connectivity index (χ2n) is 5.05. The highest BCUT2D eigenvalue weighted by atomic mass is 16.3. The van der Waals surface area contributed by atoms with Crippen LogP contribution in [0.1, 0.15) is 24.4 Å². The minimum atomic E-state index is -0.185. The van der Waals surface area contributed by atoms with Crippen LogP contribution in [-0.2, 0) is 0 Å². The van der Waals surface area contributed by atoms with Gasteiger partial charge in [0.05, 0.1) is 6.26 Å². The first-order chi connectivity index (χ1) is 9.66. The van der Waals surface area contributed by atoms with Gasteiger partial charge in [-0.2, -0.15) is 0 Å². The van der Waals surface area contributed by atoms with Crippen molar-refractivity contribution in [2.24, 2.45) is 5.92 Å². The van der Waals surface area contributed by atoms with Gasteiger partial charge in [0.25, 0.3) is 5.91 Å². The molecule has 0 radical (unpaired) electrons. The number of furan rings is 1. The Hall–Kier alpha value is -2.23. The summed E-state index contributed by atoms with van der Waals surface area (Å²) >= 11 is 0. The van der Waals surface area contributed by atoms with Gasteiger partial charge in [-0.25, -0.2) is 0 Å². The quantitative estimate of drug-likeness (QED) is 0.849. The Balaban J connectivity index is 1.91. The molecule has 0 aliphatic rings. The Labute approximate surface area is 119 Å². The Bertz CT molecular complexity index is 521. The summed E-state index contributed by atoms with van der Waals surface area (Å²) in [5, 5.41) is 6.33. The van der Waals surface area contributed by atoms with Crippen molar-refractivity contribution < 1.29 is 9.21 Å². The summed E-state index contributed by atoms with van der Waals surface area (Å²) in [6.07, 6.45) is 1.50. The predicted octanol–water partition coefficient (Wildman–Crippen LogP) is 3.15. The maximum atomic E-state index is 11.9. The first kappa shape index (κ1) is 14.2. The van der Waals surface area contributed by atoms with Crippen molar-refractivity contribution in [3.05, 3.63) is 54.5 Å². The third kappa shape index (κ3) is 3.88. The van der Waals surface area contributed by atoms with Crippen molar-refractivity contribution in [3.63, 3.8) is 0 Å². The highest BCUT2D eigenvalue weighted by Gasteiger charge is 2.16. The molecule has 0 aliphatic heterocycles. The number of para-hydroxylation sites is 1. The molecule has 1 unspecified atom stereocenters. The molecular weight excluding hydrogens is 252 g/mol. The van der Waals surface area contributed by atoms with Crippen LogP contribution in [0.25, 0.3) is 0 Å². The fourth-order valence-electron chi connectivity index (χ4n) is 1.90. The zero-order valence-corrected chi connectivity index (χ0v) is 11.8. The van der Waals surface area contributed by atoms with Crippen molar-refractivity contribution in [2.75, 3.05) is 11.9 Å². The lowest BCUT2D eigenvalue weighted by atomic mass is 10.0. The average Bonchev–Trinajstić information content (AvgIpc) is 2.98. The van der Waals surface area contributed by atoms with Crippen molar-refractivity contribution >= 4 is 11.6 Å². The van der Waals surface area contributed by atoms with Crippen molar-refractivity contribution in [3.8, 4) is 0 Å². The van der Waals surface area contributed by atoms with Crippen LogP contribution in [-0.4, -0.2) is 18.5 Å². The van der Waals surface area contributed by atoms with Crippen LogP contribution in [0, 0.1) is 5.92 Å². The van der Waals surface area contributed by atoms with E-state index in [1.54, 1.807) is 12.1 Å². The van der Waals surface area contributed by atoms with Crippen molar-refractivity contribution in [1.82, 2.24) is 5.32 Å². The van der Waals surface area contributed by atoms with Gasteiger partial charge < -0.3 is 15.1 Å². The molecule has 1 aromatic heterocycles. The maximum Gasteiger partial charge on any atom is 0.287 e. The summed E-state index contributed by atoms with van der Waals surface area (Å²) in [4.78, 5) is 11.9. The monoisotopic (exact) mass is 272 g/mol. The van der Waals surface area contributed by atoms with Gasteiger partial charge in [-0.1, -0.05) is 32.0 Å². The van der Waals surface area contributed by atoms with E-state index in [-0.39, 0.29) is 11.9 Å². The molecule has 0 spiro atoms. The van der Waals surface area contributed by atoms with E-state index < -0.39 is 0 Å². The number of rotatable bonds is 6. The normalized spacial score (nSPS) is 12.2. The van der Waals surface area contributed by atoms with E-state index in [4.69, 9.17) is 4.42 Å². The van der Waals surface area contributed by atoms with Crippen LogP contribution >= 0.6 is 0 Å². The van der Waals surface area contributed by atoms with Gasteiger partial charge in [0.2, 0.25) is 0 Å². The summed E-state index contributed by atoms with van der Waals surface area (Å²) in [6.45, 7) is 4.80. The number of amides is 1. The number of benzene rings is 1. The number of carbonyl (C=O) groups excluding carboxylic acids is 1. The van der Waals surface area contributed by atoms with Crippen LogP contribution in [0.3, 0.4) is 0 Å². The van der Waals surface area contributed by atoms with Crippen molar-refractivity contribution in [1.29, 1.82) is 0 Å². The average molecular weight is 272 g/mol. The fraction of sp³-hybridized carbons (Fsp3) is 0.312. The van der Waals surface area contributed by atoms with E-state index in [1.165, 1.54) is 6.26 Å². The molecule has 106 valence electrons. The lowest BCUT2D eigenvalue weighted by molar-refractivity contribution is 0.0922. The predicted molar refractivity (Wildman–Crippen MR) is 79.7 cm³/mol. The molecule has 2 N–H and O–H groups in total. The number of hydrogen-bond donors (Lipinski definition) is 2. The molecule has 1 heterocycles. The minimum Gasteiger partial charge on any atom is -0.459 e. The third-order valence-electron chi connectivity index (χ3n) is 3.16. The summed E-state index contributed by atoms with van der Waals surface area (Å²) in [5.74, 6) is 0.551. The van der Waals surface area contributed by atoms with E-state index in [9.17, 15) is 4.79 Å². The molecule has 1 atom stereocenters. The fourth-order valence-corrected chi connectivity index (χ4v) is 1.90. The molecule has 4 nitrogen and oxygen atoms in total. The highest BCUT2D eigenvalue weighted by Crippen LogP contribution is 2.12. The lowest BCUT2D eigenvalue weighted by Gasteiger charge is -2.23. The van der Waals surface area contributed by atoms with Gasteiger partial charge in [-0.15, -0.1) is 0 Å². The zero-order chi connectivity index (χ0) is 14.4. The smallest absolute Gasteiger partial charge is 0.287 e. The van der Waals surface area contributed by atoms with Crippen molar-refractivity contribution in [2.45, 2.75) is 19.9 Å². The Morgan fingerprint density at radius 3 is 2.50 bits per heavy atom. The minimum absolute atomic E-state index is 0.163. The molecule has 0 fully saturated rings. The van der Waals surface area contributed by atoms with E-state index in [2.05, 4.69) is 24.5 Å². The lowest BCUT2D eigenvalue weighted by Crippen LogP contribution is -2.39. The molecule has 1 aromatic carbocycles. The number of anilines is 1. The summed E-state index contributed by atoms with van der Waals surface area (Å²) in [5.41, 5.74) is 1.05. The van der Waals surface area contributed by atoms with Gasteiger partial charge in [0.1, 0.15) is 0 Å². The summed E-state index contributed by atoms with van der Waals surface area (Å²) in [7, 11) is 0. The molecule has 0 aliphatic carbocycles. The van der Waals surface area contributed by atoms with Crippen LogP contribution in [0.2, 0.25) is 0 Å². The van der Waals surface area contributed by atoms with Crippen LogP contribution in [0.15, 0.2) is 53.1 Å². The molecule has 2 aromatic rings. The van der Waals surface area contributed by atoms with E-state index >= 15 is 0 Å². The molecule has 2 rings (SSSR count). The van der Waals surface area contributed by atoms with Gasteiger partial charge >= 0.3 is 0 Å². The molecular formula is C16H20N2O2. The largest absolute Gasteiger partial charge is 0.459 e. The number of carbonyl (C=O) groups is 1. The first-order valence-electron chi connectivity index (χ1n) is 6.80. The van der Waals surface area contributed by atoms with E-state index in [0.29, 0.717) is 18.2 Å². The van der Waals surface area contributed by atoms with Crippen LogP contribution in [0.4, 0.5) is 5.69 Å². The topological polar surface area (TPSA) is 54.3 Å². The molecule has 0 saturated carbocycles. The Morgan fingerprint density at radius 1 is 1.15 bits per heavy atom. The van der Waals surface area contributed by atoms with Gasteiger partial charge in [0, 0.05) is 18.3 Å². The van der Waals surface area contributed by atoms with Gasteiger partial charge in [-0.05, 0) is 30.2 Å². The SMILES string of the molecule is CC(C)C(CNC(=O)c1ccco1)Nc1ccccc1. The zero-order valence-electron chi connectivity index (χ0n) is 11.8. The molecule has 20 heavy (non-hydrogen) atoms. The van der Waals surface area contributed by atoms with Crippen LogP contribution in [0.5, 0.6) is 0 Å². The van der Waals surface area contributed by atoms with E-state index in [1.807, 2.05) is 30.3 Å². The second-order valence-corrected chi connectivity index (χ2v) is 5.05. The Kier molecular flexibility index (Phi) is 4.82. The molecule has 0 bridgehead atoms. The van der Waals surface area contributed by atoms with Gasteiger partial charge in [0.15, 0.2) is 5.76 Å².